The van der Waals surface area contributed by atoms with Crippen LogP contribution in [0.2, 0.25) is 5.02 Å². The molecule has 4 nitrogen and oxygen atoms in total. The first-order valence-electron chi connectivity index (χ1n) is 6.90. The second kappa shape index (κ2) is 7.75. The van der Waals surface area contributed by atoms with E-state index < -0.39 is 0 Å². The molecule has 2 aromatic rings. The highest BCUT2D eigenvalue weighted by Gasteiger charge is 2.08. The largest absolute Gasteiger partial charge is 0.492 e. The maximum absolute atomic E-state index is 12.9. The lowest BCUT2D eigenvalue weighted by Crippen LogP contribution is -2.25. The van der Waals surface area contributed by atoms with Gasteiger partial charge in [-0.05, 0) is 37.1 Å². The Morgan fingerprint density at radius 1 is 1.36 bits per heavy atom. The van der Waals surface area contributed by atoms with Crippen LogP contribution in [-0.4, -0.2) is 24.0 Å². The molecular weight excluding hydrogens is 307 g/mol. The number of nitrogens with zero attached hydrogens (tertiary/aromatic N) is 1. The summed E-state index contributed by atoms with van der Waals surface area (Å²) < 4.78 is 18.2. The average molecular weight is 323 g/mol. The number of hydrogen-bond acceptors (Lipinski definition) is 3. The highest BCUT2D eigenvalue weighted by Crippen LogP contribution is 2.17. The summed E-state index contributed by atoms with van der Waals surface area (Å²) in [6, 6.07) is 5.85. The summed E-state index contributed by atoms with van der Waals surface area (Å²) in [6.45, 7) is 2.76. The minimum atomic E-state index is -0.378. The summed E-state index contributed by atoms with van der Waals surface area (Å²) in [5, 5.41) is 3.13. The van der Waals surface area contributed by atoms with Crippen LogP contribution < -0.4 is 10.1 Å². The van der Waals surface area contributed by atoms with Crippen LogP contribution in [0.25, 0.3) is 0 Å². The van der Waals surface area contributed by atoms with Gasteiger partial charge in [0.05, 0.1) is 18.4 Å². The third-order valence-corrected chi connectivity index (χ3v) is 3.33. The quantitative estimate of drug-likeness (QED) is 0.888. The summed E-state index contributed by atoms with van der Waals surface area (Å²) in [5.41, 5.74) is 1.21. The zero-order chi connectivity index (χ0) is 15.9. The Morgan fingerprint density at radius 3 is 2.91 bits per heavy atom. The van der Waals surface area contributed by atoms with Gasteiger partial charge in [0.1, 0.15) is 11.6 Å². The van der Waals surface area contributed by atoms with Crippen molar-refractivity contribution in [2.75, 3.05) is 13.2 Å². The first-order chi connectivity index (χ1) is 10.6. The molecule has 0 saturated carbocycles. The molecule has 0 radical (unpaired) electrons. The molecule has 0 fully saturated rings. The fourth-order valence-corrected chi connectivity index (χ4v) is 2.19. The molecular formula is C16H16ClFN2O2. The Hall–Kier alpha value is -2.14. The van der Waals surface area contributed by atoms with Crippen molar-refractivity contribution in [3.05, 3.63) is 58.6 Å². The number of halogens is 2. The van der Waals surface area contributed by atoms with E-state index in [9.17, 15) is 9.18 Å². The fraction of sp³-hybridized carbons (Fsp3) is 0.250. The van der Waals surface area contributed by atoms with E-state index in [4.69, 9.17) is 16.3 Å². The van der Waals surface area contributed by atoms with E-state index in [0.717, 1.165) is 5.56 Å². The highest BCUT2D eigenvalue weighted by atomic mass is 35.5. The Balaban J connectivity index is 1.91. The summed E-state index contributed by atoms with van der Waals surface area (Å²) in [5.74, 6) is -0.0689. The van der Waals surface area contributed by atoms with Gasteiger partial charge >= 0.3 is 0 Å². The van der Waals surface area contributed by atoms with Gasteiger partial charge < -0.3 is 10.1 Å². The van der Waals surface area contributed by atoms with Crippen molar-refractivity contribution in [3.63, 3.8) is 0 Å². The van der Waals surface area contributed by atoms with E-state index in [1.54, 1.807) is 18.3 Å². The highest BCUT2D eigenvalue weighted by molar-refractivity contribution is 6.31. The van der Waals surface area contributed by atoms with E-state index in [-0.39, 0.29) is 11.7 Å². The van der Waals surface area contributed by atoms with Gasteiger partial charge in [0.25, 0.3) is 5.91 Å². The maximum Gasteiger partial charge on any atom is 0.252 e. The number of carbonyl (C=O) groups excluding carboxylic acids is 1. The zero-order valence-corrected chi connectivity index (χ0v) is 12.9. The Bertz CT molecular complexity index is 664. The topological polar surface area (TPSA) is 51.2 Å². The summed E-state index contributed by atoms with van der Waals surface area (Å²) >= 11 is 5.94. The van der Waals surface area contributed by atoms with Crippen LogP contribution >= 0.6 is 11.6 Å². The standard InChI is InChI=1S/C16H16ClFN2O2/c1-2-22-14-7-12(9-19-10-14)16(21)20-6-5-11-3-4-13(18)8-15(11)17/h3-4,7-10H,2,5-6H2,1H3,(H,20,21). The summed E-state index contributed by atoms with van der Waals surface area (Å²) in [4.78, 5) is 16.0. The van der Waals surface area contributed by atoms with E-state index >= 15 is 0 Å². The van der Waals surface area contributed by atoms with Crippen molar-refractivity contribution in [1.29, 1.82) is 0 Å². The zero-order valence-electron chi connectivity index (χ0n) is 12.1. The van der Waals surface area contributed by atoms with Crippen molar-refractivity contribution in [2.45, 2.75) is 13.3 Å². The van der Waals surface area contributed by atoms with Crippen molar-refractivity contribution >= 4 is 17.5 Å². The van der Waals surface area contributed by atoms with Crippen LogP contribution in [0, 0.1) is 5.82 Å². The predicted octanol–water partition coefficient (Wildman–Crippen LogP) is 3.25. The molecule has 0 atom stereocenters. The number of pyridine rings is 1. The molecule has 0 saturated heterocycles. The predicted molar refractivity (Wildman–Crippen MR) is 82.9 cm³/mol. The summed E-state index contributed by atoms with van der Waals surface area (Å²) in [6.07, 6.45) is 3.55. The monoisotopic (exact) mass is 322 g/mol. The van der Waals surface area contributed by atoms with Gasteiger partial charge in [0.2, 0.25) is 0 Å². The lowest BCUT2D eigenvalue weighted by atomic mass is 10.1. The second-order valence-electron chi connectivity index (χ2n) is 4.58. The fourth-order valence-electron chi connectivity index (χ4n) is 1.93. The molecule has 6 heteroatoms. The van der Waals surface area contributed by atoms with E-state index in [1.165, 1.54) is 18.3 Å². The Labute approximate surface area is 133 Å². The Morgan fingerprint density at radius 2 is 2.18 bits per heavy atom. The number of amides is 1. The number of rotatable bonds is 6. The molecule has 0 aliphatic heterocycles. The maximum atomic E-state index is 12.9. The van der Waals surface area contributed by atoms with Gasteiger partial charge in [-0.25, -0.2) is 4.39 Å². The molecule has 0 unspecified atom stereocenters. The minimum absolute atomic E-state index is 0.243. The summed E-state index contributed by atoms with van der Waals surface area (Å²) in [7, 11) is 0. The van der Waals surface area contributed by atoms with Crippen LogP contribution in [0.3, 0.4) is 0 Å². The van der Waals surface area contributed by atoms with Gasteiger partial charge in [-0.3, -0.25) is 9.78 Å². The molecule has 22 heavy (non-hydrogen) atoms. The van der Waals surface area contributed by atoms with Gasteiger partial charge in [-0.2, -0.15) is 0 Å². The number of carbonyl (C=O) groups is 1. The molecule has 1 heterocycles. The first kappa shape index (κ1) is 16.2. The van der Waals surface area contributed by atoms with Crippen LogP contribution in [0.1, 0.15) is 22.8 Å². The number of ether oxygens (including phenoxy) is 1. The van der Waals surface area contributed by atoms with Crippen LogP contribution in [0.15, 0.2) is 36.7 Å². The number of aromatic nitrogens is 1. The van der Waals surface area contributed by atoms with Crippen LogP contribution in [0.4, 0.5) is 4.39 Å². The normalized spacial score (nSPS) is 10.3. The smallest absolute Gasteiger partial charge is 0.252 e. The second-order valence-corrected chi connectivity index (χ2v) is 4.99. The van der Waals surface area contributed by atoms with Gasteiger partial charge in [-0.15, -0.1) is 0 Å². The molecule has 0 bridgehead atoms. The Kier molecular flexibility index (Phi) is 5.72. The molecule has 0 aliphatic carbocycles. The molecule has 1 N–H and O–H groups in total. The molecule has 0 aliphatic rings. The lowest BCUT2D eigenvalue weighted by Gasteiger charge is -2.08. The van der Waals surface area contributed by atoms with Crippen molar-refractivity contribution < 1.29 is 13.9 Å². The van der Waals surface area contributed by atoms with Crippen molar-refractivity contribution in [2.24, 2.45) is 0 Å². The van der Waals surface area contributed by atoms with Crippen molar-refractivity contribution in [3.8, 4) is 5.75 Å². The molecule has 0 spiro atoms. The minimum Gasteiger partial charge on any atom is -0.492 e. The lowest BCUT2D eigenvalue weighted by molar-refractivity contribution is 0.0953. The van der Waals surface area contributed by atoms with Crippen LogP contribution in [0.5, 0.6) is 5.75 Å². The molecule has 116 valence electrons. The number of hydrogen-bond donors (Lipinski definition) is 1. The molecule has 1 aromatic carbocycles. The van der Waals surface area contributed by atoms with E-state index in [0.29, 0.717) is 35.9 Å². The SMILES string of the molecule is CCOc1cncc(C(=O)NCCc2ccc(F)cc2Cl)c1. The van der Waals surface area contributed by atoms with Gasteiger partial charge in [0, 0.05) is 17.8 Å². The third-order valence-electron chi connectivity index (χ3n) is 2.98. The molecule has 2 rings (SSSR count). The molecule has 1 amide bonds. The molecule has 1 aromatic heterocycles. The average Bonchev–Trinajstić information content (AvgIpc) is 2.50. The van der Waals surface area contributed by atoms with E-state index in [2.05, 4.69) is 10.3 Å². The van der Waals surface area contributed by atoms with Crippen LogP contribution in [-0.2, 0) is 6.42 Å². The number of nitrogens with one attached hydrogen (secondary N) is 1. The van der Waals surface area contributed by atoms with Gasteiger partial charge in [-0.1, -0.05) is 17.7 Å². The third kappa shape index (κ3) is 4.43. The van der Waals surface area contributed by atoms with Gasteiger partial charge in [0.15, 0.2) is 0 Å². The van der Waals surface area contributed by atoms with Crippen molar-refractivity contribution in [1.82, 2.24) is 10.3 Å². The first-order valence-corrected chi connectivity index (χ1v) is 7.28. The van der Waals surface area contributed by atoms with E-state index in [1.807, 2.05) is 6.92 Å². The number of benzene rings is 1.